The lowest BCUT2D eigenvalue weighted by Crippen LogP contribution is -2.49. The molecule has 0 bridgehead atoms. The first-order valence-corrected chi connectivity index (χ1v) is 8.05. The predicted molar refractivity (Wildman–Crippen MR) is 91.3 cm³/mol. The van der Waals surface area contributed by atoms with Crippen LogP contribution in [0.1, 0.15) is 30.1 Å². The summed E-state index contributed by atoms with van der Waals surface area (Å²) in [6.45, 7) is 3.61. The Morgan fingerprint density at radius 3 is 3.00 bits per heavy atom. The number of benzene rings is 1. The van der Waals surface area contributed by atoms with Crippen LogP contribution in [0.2, 0.25) is 0 Å². The van der Waals surface area contributed by atoms with Crippen molar-refractivity contribution in [2.45, 2.75) is 25.8 Å². The second-order valence-corrected chi connectivity index (χ2v) is 6.64. The van der Waals surface area contributed by atoms with Crippen molar-refractivity contribution in [3.63, 3.8) is 0 Å². The maximum atomic E-state index is 12.7. The molecule has 1 amide bonds. The molecule has 1 aromatic carbocycles. The zero-order valence-electron chi connectivity index (χ0n) is 12.1. The Labute approximate surface area is 135 Å². The molecule has 0 saturated carbocycles. The van der Waals surface area contributed by atoms with Gasteiger partial charge in [0.05, 0.1) is 0 Å². The van der Waals surface area contributed by atoms with Crippen molar-refractivity contribution in [3.8, 4) is 0 Å². The van der Waals surface area contributed by atoms with E-state index in [1.165, 1.54) is 4.70 Å². The summed E-state index contributed by atoms with van der Waals surface area (Å²) in [5, 5.41) is 3.21. The predicted octanol–water partition coefficient (Wildman–Crippen LogP) is 3.52. The molecule has 1 saturated heterocycles. The van der Waals surface area contributed by atoms with Gasteiger partial charge in [0.25, 0.3) is 5.91 Å². The van der Waals surface area contributed by atoms with Crippen molar-refractivity contribution < 1.29 is 4.79 Å². The lowest BCUT2D eigenvalue weighted by atomic mass is 9.92. The van der Waals surface area contributed by atoms with E-state index in [9.17, 15) is 4.79 Å². The van der Waals surface area contributed by atoms with Crippen LogP contribution in [-0.4, -0.2) is 29.9 Å². The summed E-state index contributed by atoms with van der Waals surface area (Å²) < 4.78 is 1.23. The number of amides is 1. The Bertz CT molecular complexity index is 628. The fourth-order valence-electron chi connectivity index (χ4n) is 3.01. The first-order chi connectivity index (χ1) is 9.69. The number of likely N-dealkylation sites (tertiary alicyclic amines) is 1. The molecule has 0 radical (unpaired) electrons. The summed E-state index contributed by atoms with van der Waals surface area (Å²) in [5.74, 6) is 0.785. The number of rotatable bonds is 2. The first kappa shape index (κ1) is 16.3. The largest absolute Gasteiger partial charge is 0.334 e. The Morgan fingerprint density at radius 2 is 2.24 bits per heavy atom. The maximum Gasteiger partial charge on any atom is 0.254 e. The number of fused-ring (bicyclic) bond motifs is 1. The van der Waals surface area contributed by atoms with Gasteiger partial charge < -0.3 is 10.6 Å². The molecular weight excluding hydrogens is 304 g/mol. The van der Waals surface area contributed by atoms with E-state index in [4.69, 9.17) is 5.73 Å². The Morgan fingerprint density at radius 1 is 1.43 bits per heavy atom. The highest BCUT2D eigenvalue weighted by Gasteiger charge is 2.29. The molecule has 1 aliphatic heterocycles. The molecule has 114 valence electrons. The van der Waals surface area contributed by atoms with Crippen LogP contribution in [0.25, 0.3) is 10.1 Å². The fraction of sp³-hybridized carbons (Fsp3) is 0.438. The van der Waals surface area contributed by atoms with Crippen molar-refractivity contribution in [1.29, 1.82) is 0 Å². The van der Waals surface area contributed by atoms with Crippen LogP contribution in [0.4, 0.5) is 0 Å². The number of carbonyl (C=O) groups excluding carboxylic acids is 1. The smallest absolute Gasteiger partial charge is 0.254 e. The van der Waals surface area contributed by atoms with Crippen LogP contribution in [0.15, 0.2) is 29.6 Å². The summed E-state index contributed by atoms with van der Waals surface area (Å²) in [5.41, 5.74) is 6.63. The third kappa shape index (κ3) is 3.23. The Kier molecular flexibility index (Phi) is 5.25. The number of nitrogens with two attached hydrogens (primary N) is 1. The average Bonchev–Trinajstić information content (AvgIpc) is 2.93. The van der Waals surface area contributed by atoms with Crippen LogP contribution in [0.3, 0.4) is 0 Å². The highest BCUT2D eigenvalue weighted by Crippen LogP contribution is 2.26. The van der Waals surface area contributed by atoms with Gasteiger partial charge in [-0.15, -0.1) is 23.7 Å². The number of hydrogen-bond acceptors (Lipinski definition) is 3. The second-order valence-electron chi connectivity index (χ2n) is 5.69. The molecule has 1 aromatic heterocycles. The second kappa shape index (κ2) is 6.77. The molecular formula is C16H21ClN2OS. The molecule has 5 heteroatoms. The molecule has 0 spiro atoms. The van der Waals surface area contributed by atoms with Crippen molar-refractivity contribution in [2.24, 2.45) is 11.7 Å². The summed E-state index contributed by atoms with van der Waals surface area (Å²) in [4.78, 5) is 14.7. The normalized spacial score (nSPS) is 22.1. The van der Waals surface area contributed by atoms with Crippen molar-refractivity contribution in [3.05, 3.63) is 35.2 Å². The van der Waals surface area contributed by atoms with E-state index >= 15 is 0 Å². The molecule has 1 fully saturated rings. The summed E-state index contributed by atoms with van der Waals surface area (Å²) in [6.07, 6.45) is 2.09. The Hall–Kier alpha value is -1.10. The molecule has 21 heavy (non-hydrogen) atoms. The molecule has 2 unspecified atom stereocenters. The molecule has 1 aliphatic rings. The van der Waals surface area contributed by atoms with Gasteiger partial charge in [0.15, 0.2) is 0 Å². The summed E-state index contributed by atoms with van der Waals surface area (Å²) >= 11 is 1.70. The lowest BCUT2D eigenvalue weighted by molar-refractivity contribution is 0.0574. The topological polar surface area (TPSA) is 46.3 Å². The molecule has 2 heterocycles. The summed E-state index contributed by atoms with van der Waals surface area (Å²) in [6, 6.07) is 8.23. The monoisotopic (exact) mass is 324 g/mol. The lowest BCUT2D eigenvalue weighted by Gasteiger charge is -2.38. The van der Waals surface area contributed by atoms with Gasteiger partial charge >= 0.3 is 0 Å². The fourth-order valence-corrected chi connectivity index (χ4v) is 3.78. The summed E-state index contributed by atoms with van der Waals surface area (Å²) in [7, 11) is 0. The third-order valence-corrected chi connectivity index (χ3v) is 5.11. The van der Waals surface area contributed by atoms with Gasteiger partial charge in [0.2, 0.25) is 0 Å². The highest BCUT2D eigenvalue weighted by molar-refractivity contribution is 7.17. The number of piperidine rings is 1. The number of halogens is 1. The molecule has 3 nitrogen and oxygen atoms in total. The van der Waals surface area contributed by atoms with Crippen molar-refractivity contribution >= 4 is 39.7 Å². The minimum absolute atomic E-state index is 0. The van der Waals surface area contributed by atoms with Gasteiger partial charge in [-0.2, -0.15) is 0 Å². The molecule has 2 N–H and O–H groups in total. The van der Waals surface area contributed by atoms with E-state index in [1.54, 1.807) is 11.3 Å². The van der Waals surface area contributed by atoms with Crippen LogP contribution < -0.4 is 5.73 Å². The van der Waals surface area contributed by atoms with Gasteiger partial charge in [-0.3, -0.25) is 4.79 Å². The number of hydrogen-bond donors (Lipinski definition) is 1. The van der Waals surface area contributed by atoms with Gasteiger partial charge in [-0.1, -0.05) is 6.92 Å². The van der Waals surface area contributed by atoms with E-state index in [1.807, 2.05) is 23.1 Å². The van der Waals surface area contributed by atoms with Crippen molar-refractivity contribution in [1.82, 2.24) is 4.90 Å². The van der Waals surface area contributed by atoms with Gasteiger partial charge in [-0.05, 0) is 53.8 Å². The standard InChI is InChI=1S/C16H20N2OS.ClH/c1-11-4-6-18(14(8-11)10-17)16(19)13-2-3-15-12(9-13)5-7-20-15;/h2-3,5,7,9,11,14H,4,6,8,10,17H2,1H3;1H. The van der Waals surface area contributed by atoms with Gasteiger partial charge in [0.1, 0.15) is 0 Å². The zero-order chi connectivity index (χ0) is 14.1. The Balaban J connectivity index is 0.00000161. The van der Waals surface area contributed by atoms with Crippen LogP contribution in [0.5, 0.6) is 0 Å². The number of carbonyl (C=O) groups is 1. The van der Waals surface area contributed by atoms with E-state index < -0.39 is 0 Å². The first-order valence-electron chi connectivity index (χ1n) is 7.17. The van der Waals surface area contributed by atoms with E-state index in [2.05, 4.69) is 18.4 Å². The van der Waals surface area contributed by atoms with Gasteiger partial charge in [-0.25, -0.2) is 0 Å². The SMILES string of the molecule is CC1CCN(C(=O)c2ccc3sccc3c2)C(CN)C1.Cl. The average molecular weight is 325 g/mol. The molecule has 2 aromatic rings. The number of nitrogens with zero attached hydrogens (tertiary/aromatic N) is 1. The number of thiophene rings is 1. The zero-order valence-corrected chi connectivity index (χ0v) is 13.8. The minimum atomic E-state index is 0. The van der Waals surface area contributed by atoms with E-state index in [0.717, 1.165) is 30.3 Å². The van der Waals surface area contributed by atoms with Gasteiger partial charge in [0, 0.05) is 29.4 Å². The molecule has 3 rings (SSSR count). The molecule has 2 atom stereocenters. The molecule has 0 aliphatic carbocycles. The maximum absolute atomic E-state index is 12.7. The van der Waals surface area contributed by atoms with Crippen LogP contribution >= 0.6 is 23.7 Å². The highest BCUT2D eigenvalue weighted by atomic mass is 35.5. The minimum Gasteiger partial charge on any atom is -0.334 e. The van der Waals surface area contributed by atoms with Crippen LogP contribution in [0, 0.1) is 5.92 Å². The quantitative estimate of drug-likeness (QED) is 0.918. The van der Waals surface area contributed by atoms with E-state index in [-0.39, 0.29) is 24.4 Å². The third-order valence-electron chi connectivity index (χ3n) is 4.21. The van der Waals surface area contributed by atoms with Crippen LogP contribution in [-0.2, 0) is 0 Å². The van der Waals surface area contributed by atoms with Crippen molar-refractivity contribution in [2.75, 3.05) is 13.1 Å². The van der Waals surface area contributed by atoms with E-state index in [0.29, 0.717) is 12.5 Å².